The summed E-state index contributed by atoms with van der Waals surface area (Å²) < 4.78 is 16.5. The Morgan fingerprint density at radius 1 is 0.800 bits per heavy atom. The third-order valence-corrected chi connectivity index (χ3v) is 4.05. The van der Waals surface area contributed by atoms with E-state index in [2.05, 4.69) is 47.8 Å². The molecular weight excluding hydrogens is 314 g/mol. The second-order valence-corrected chi connectivity index (χ2v) is 5.70. The fraction of sp³-hybridized carbons (Fsp3) is 0.238. The van der Waals surface area contributed by atoms with Crippen LogP contribution < -0.4 is 19.5 Å². The maximum Gasteiger partial charge on any atom is 0.203 e. The Kier molecular flexibility index (Phi) is 5.75. The summed E-state index contributed by atoms with van der Waals surface area (Å²) in [4.78, 5) is 0. The standard InChI is InChI=1S/C21H23NO3/c1-23-19-8-5-9-20(24-2)21(19)25-13-12-22-15-16-10-11-17-6-3-4-7-18(17)14-16/h3-11,14,22H,12-13,15H2,1-2H3. The molecule has 25 heavy (non-hydrogen) atoms. The summed E-state index contributed by atoms with van der Waals surface area (Å²) in [6.45, 7) is 2.07. The quantitative estimate of drug-likeness (QED) is 0.630. The van der Waals surface area contributed by atoms with Crippen molar-refractivity contribution < 1.29 is 14.2 Å². The Labute approximate surface area is 148 Å². The summed E-state index contributed by atoms with van der Waals surface area (Å²) in [5.41, 5.74) is 1.26. The van der Waals surface area contributed by atoms with Crippen molar-refractivity contribution in [2.45, 2.75) is 6.54 Å². The summed E-state index contributed by atoms with van der Waals surface area (Å²) in [5.74, 6) is 1.99. The van der Waals surface area contributed by atoms with Crippen molar-refractivity contribution in [3.63, 3.8) is 0 Å². The predicted octanol–water partition coefficient (Wildman–Crippen LogP) is 4.03. The van der Waals surface area contributed by atoms with Crippen LogP contribution in [0.1, 0.15) is 5.56 Å². The van der Waals surface area contributed by atoms with Crippen molar-refractivity contribution in [3.8, 4) is 17.2 Å². The van der Waals surface area contributed by atoms with Gasteiger partial charge in [-0.1, -0.05) is 42.5 Å². The highest BCUT2D eigenvalue weighted by Crippen LogP contribution is 2.36. The summed E-state index contributed by atoms with van der Waals surface area (Å²) in [7, 11) is 3.25. The van der Waals surface area contributed by atoms with E-state index in [1.54, 1.807) is 14.2 Å². The highest BCUT2D eigenvalue weighted by molar-refractivity contribution is 5.82. The fourth-order valence-corrected chi connectivity index (χ4v) is 2.77. The molecule has 0 fully saturated rings. The van der Waals surface area contributed by atoms with E-state index in [0.29, 0.717) is 23.9 Å². The zero-order valence-electron chi connectivity index (χ0n) is 14.6. The van der Waals surface area contributed by atoms with E-state index in [0.717, 1.165) is 13.1 Å². The molecule has 0 atom stereocenters. The second kappa shape index (κ2) is 8.40. The third-order valence-electron chi connectivity index (χ3n) is 4.05. The zero-order valence-corrected chi connectivity index (χ0v) is 14.6. The molecule has 3 rings (SSSR count). The van der Waals surface area contributed by atoms with Crippen molar-refractivity contribution in [1.29, 1.82) is 0 Å². The molecule has 0 saturated heterocycles. The molecule has 0 aromatic heterocycles. The van der Waals surface area contributed by atoms with E-state index in [9.17, 15) is 0 Å². The van der Waals surface area contributed by atoms with Crippen LogP contribution in [0.15, 0.2) is 60.7 Å². The Morgan fingerprint density at radius 2 is 1.52 bits per heavy atom. The van der Waals surface area contributed by atoms with Crippen molar-refractivity contribution in [3.05, 3.63) is 66.2 Å². The lowest BCUT2D eigenvalue weighted by atomic mass is 10.1. The van der Waals surface area contributed by atoms with Crippen LogP contribution in [0.2, 0.25) is 0 Å². The summed E-state index contributed by atoms with van der Waals surface area (Å²) in [6, 6.07) is 20.5. The minimum Gasteiger partial charge on any atom is -0.493 e. The molecule has 0 saturated carbocycles. The molecule has 0 amide bonds. The van der Waals surface area contributed by atoms with E-state index in [4.69, 9.17) is 14.2 Å². The molecule has 0 radical (unpaired) electrons. The van der Waals surface area contributed by atoms with Gasteiger partial charge in [-0.15, -0.1) is 0 Å². The van der Waals surface area contributed by atoms with Crippen LogP contribution in [0, 0.1) is 0 Å². The van der Waals surface area contributed by atoms with Crippen molar-refractivity contribution in [2.24, 2.45) is 0 Å². The molecule has 1 N–H and O–H groups in total. The van der Waals surface area contributed by atoms with Crippen LogP contribution in [0.3, 0.4) is 0 Å². The Balaban J connectivity index is 1.52. The lowest BCUT2D eigenvalue weighted by Gasteiger charge is -2.14. The average Bonchev–Trinajstić information content (AvgIpc) is 2.67. The van der Waals surface area contributed by atoms with Crippen LogP contribution >= 0.6 is 0 Å². The van der Waals surface area contributed by atoms with E-state index < -0.39 is 0 Å². The smallest absolute Gasteiger partial charge is 0.203 e. The van der Waals surface area contributed by atoms with Crippen LogP contribution in [0.25, 0.3) is 10.8 Å². The molecule has 3 aromatic carbocycles. The largest absolute Gasteiger partial charge is 0.493 e. The molecule has 0 unspecified atom stereocenters. The maximum absolute atomic E-state index is 5.85. The molecule has 4 nitrogen and oxygen atoms in total. The number of hydrogen-bond acceptors (Lipinski definition) is 4. The number of methoxy groups -OCH3 is 2. The van der Waals surface area contributed by atoms with Gasteiger partial charge in [-0.25, -0.2) is 0 Å². The first-order chi connectivity index (χ1) is 12.3. The topological polar surface area (TPSA) is 39.7 Å². The first-order valence-corrected chi connectivity index (χ1v) is 8.34. The van der Waals surface area contributed by atoms with Gasteiger partial charge >= 0.3 is 0 Å². The van der Waals surface area contributed by atoms with Crippen LogP contribution in [0.5, 0.6) is 17.2 Å². The molecule has 0 aliphatic carbocycles. The van der Waals surface area contributed by atoms with Gasteiger partial charge in [-0.05, 0) is 34.5 Å². The van der Waals surface area contributed by atoms with Gasteiger partial charge in [0.05, 0.1) is 14.2 Å². The zero-order chi connectivity index (χ0) is 17.5. The van der Waals surface area contributed by atoms with Gasteiger partial charge in [0.25, 0.3) is 0 Å². The van der Waals surface area contributed by atoms with Crippen LogP contribution in [0.4, 0.5) is 0 Å². The van der Waals surface area contributed by atoms with E-state index in [1.807, 2.05) is 18.2 Å². The second-order valence-electron chi connectivity index (χ2n) is 5.70. The normalized spacial score (nSPS) is 10.6. The first kappa shape index (κ1) is 17.1. The Bertz CT molecular complexity index is 810. The molecule has 130 valence electrons. The highest BCUT2D eigenvalue weighted by Gasteiger charge is 2.10. The molecule has 0 aliphatic rings. The minimum atomic E-state index is 0.532. The minimum absolute atomic E-state index is 0.532. The lowest BCUT2D eigenvalue weighted by molar-refractivity contribution is 0.273. The van der Waals surface area contributed by atoms with E-state index in [1.165, 1.54) is 16.3 Å². The number of para-hydroxylation sites is 1. The maximum atomic E-state index is 5.85. The van der Waals surface area contributed by atoms with E-state index in [-0.39, 0.29) is 0 Å². The number of hydrogen-bond donors (Lipinski definition) is 1. The Morgan fingerprint density at radius 3 is 2.24 bits per heavy atom. The van der Waals surface area contributed by atoms with E-state index >= 15 is 0 Å². The van der Waals surface area contributed by atoms with Gasteiger partial charge in [0.2, 0.25) is 5.75 Å². The van der Waals surface area contributed by atoms with Crippen molar-refractivity contribution in [1.82, 2.24) is 5.32 Å². The van der Waals surface area contributed by atoms with Gasteiger partial charge < -0.3 is 19.5 Å². The van der Waals surface area contributed by atoms with Crippen molar-refractivity contribution >= 4 is 10.8 Å². The molecule has 0 spiro atoms. The number of nitrogens with one attached hydrogen (secondary N) is 1. The number of ether oxygens (including phenoxy) is 3. The molecule has 0 aliphatic heterocycles. The fourth-order valence-electron chi connectivity index (χ4n) is 2.77. The molecule has 3 aromatic rings. The molecule has 0 heterocycles. The molecule has 4 heteroatoms. The van der Waals surface area contributed by atoms with Gasteiger partial charge in [0.1, 0.15) is 6.61 Å². The van der Waals surface area contributed by atoms with Gasteiger partial charge in [0.15, 0.2) is 11.5 Å². The van der Waals surface area contributed by atoms with Crippen LogP contribution in [-0.4, -0.2) is 27.4 Å². The highest BCUT2D eigenvalue weighted by atomic mass is 16.5. The molecular formula is C21H23NO3. The average molecular weight is 337 g/mol. The number of benzene rings is 3. The monoisotopic (exact) mass is 337 g/mol. The summed E-state index contributed by atoms with van der Waals surface area (Å²) in [5, 5.41) is 5.93. The lowest BCUT2D eigenvalue weighted by Crippen LogP contribution is -2.20. The number of rotatable bonds is 8. The summed E-state index contributed by atoms with van der Waals surface area (Å²) >= 11 is 0. The predicted molar refractivity (Wildman–Crippen MR) is 101 cm³/mol. The molecule has 0 bridgehead atoms. The SMILES string of the molecule is COc1cccc(OC)c1OCCNCc1ccc2ccccc2c1. The van der Waals surface area contributed by atoms with Crippen molar-refractivity contribution in [2.75, 3.05) is 27.4 Å². The van der Waals surface area contributed by atoms with Crippen LogP contribution in [-0.2, 0) is 6.54 Å². The Hall–Kier alpha value is -2.72. The number of fused-ring (bicyclic) bond motifs is 1. The van der Waals surface area contributed by atoms with Gasteiger partial charge in [-0.3, -0.25) is 0 Å². The third kappa shape index (κ3) is 4.22. The first-order valence-electron chi connectivity index (χ1n) is 8.34. The van der Waals surface area contributed by atoms with Gasteiger partial charge in [-0.2, -0.15) is 0 Å². The van der Waals surface area contributed by atoms with Gasteiger partial charge in [0, 0.05) is 13.1 Å². The summed E-state index contributed by atoms with van der Waals surface area (Å²) in [6.07, 6.45) is 0.